The van der Waals surface area contributed by atoms with Gasteiger partial charge in [-0.05, 0) is 27.4 Å². The molecule has 0 saturated carbocycles. The molecule has 0 heterocycles. The number of nitrogens with zero attached hydrogens (tertiary/aromatic N) is 1. The van der Waals surface area contributed by atoms with E-state index in [9.17, 15) is 0 Å². The highest BCUT2D eigenvalue weighted by molar-refractivity contribution is 4.71. The number of hydrogen-bond donors (Lipinski definition) is 0. The van der Waals surface area contributed by atoms with Crippen LogP contribution < -0.4 is 0 Å². The summed E-state index contributed by atoms with van der Waals surface area (Å²) in [5.41, 5.74) is -0.00917. The first-order chi connectivity index (χ1) is 4.52. The quantitative estimate of drug-likeness (QED) is 0.592. The van der Waals surface area contributed by atoms with Gasteiger partial charge in [-0.15, -0.1) is 0 Å². The van der Waals surface area contributed by atoms with Gasteiger partial charge in [0.15, 0.2) is 0 Å². The van der Waals surface area contributed by atoms with Crippen molar-refractivity contribution in [2.45, 2.75) is 26.4 Å². The van der Waals surface area contributed by atoms with Crippen LogP contribution in [0.1, 0.15) is 20.8 Å². The minimum absolute atomic E-state index is 0.00917. The van der Waals surface area contributed by atoms with E-state index >= 15 is 0 Å². The molecule has 0 aromatic carbocycles. The number of ether oxygens (including phenoxy) is 1. The average Bonchev–Trinajstić information content (AvgIpc) is 1.87. The second-order valence-electron chi connectivity index (χ2n) is 3.29. The van der Waals surface area contributed by atoms with Crippen LogP contribution in [0.4, 0.5) is 0 Å². The first kappa shape index (κ1) is 9.92. The molecule has 0 unspecified atom stereocenters. The van der Waals surface area contributed by atoms with E-state index in [-0.39, 0.29) is 5.60 Å². The molecule has 0 radical (unpaired) electrons. The van der Waals surface area contributed by atoms with Crippen molar-refractivity contribution < 1.29 is 4.74 Å². The highest BCUT2D eigenvalue weighted by Crippen LogP contribution is 2.07. The minimum Gasteiger partial charge on any atom is -0.377 e. The molecule has 0 saturated heterocycles. The summed E-state index contributed by atoms with van der Waals surface area (Å²) in [5.74, 6) is 0. The van der Waals surface area contributed by atoms with E-state index in [2.05, 4.69) is 32.7 Å². The minimum atomic E-state index is -0.00917. The van der Waals surface area contributed by atoms with Crippen molar-refractivity contribution in [3.05, 3.63) is 0 Å². The van der Waals surface area contributed by atoms with Gasteiger partial charge < -0.3 is 9.64 Å². The lowest BCUT2D eigenvalue weighted by Crippen LogP contribution is -2.37. The number of hydrogen-bond acceptors (Lipinski definition) is 2. The second-order valence-corrected chi connectivity index (χ2v) is 3.29. The van der Waals surface area contributed by atoms with Crippen molar-refractivity contribution in [3.8, 4) is 0 Å². The van der Waals surface area contributed by atoms with E-state index in [1.54, 1.807) is 7.11 Å². The maximum absolute atomic E-state index is 5.27. The molecular formula is C8H19NO. The third-order valence-electron chi connectivity index (χ3n) is 1.74. The van der Waals surface area contributed by atoms with Crippen molar-refractivity contribution in [2.24, 2.45) is 0 Å². The van der Waals surface area contributed by atoms with Gasteiger partial charge in [-0.1, -0.05) is 6.92 Å². The lowest BCUT2D eigenvalue weighted by atomic mass is 10.1. The molecule has 0 aromatic rings. The van der Waals surface area contributed by atoms with Crippen LogP contribution in [-0.2, 0) is 4.74 Å². The molecule has 0 N–H and O–H groups in total. The Kier molecular flexibility index (Phi) is 3.91. The Morgan fingerprint density at radius 1 is 1.40 bits per heavy atom. The Labute approximate surface area is 64.2 Å². The average molecular weight is 145 g/mol. The molecule has 0 amide bonds. The predicted molar refractivity (Wildman–Crippen MR) is 44.3 cm³/mol. The number of methoxy groups -OCH3 is 1. The van der Waals surface area contributed by atoms with E-state index < -0.39 is 0 Å². The normalized spacial score (nSPS) is 12.6. The number of likely N-dealkylation sites (N-methyl/N-ethyl adjacent to an activating group) is 1. The second kappa shape index (κ2) is 3.94. The smallest absolute Gasteiger partial charge is 0.0748 e. The maximum atomic E-state index is 5.27. The van der Waals surface area contributed by atoms with Crippen LogP contribution in [0.2, 0.25) is 0 Å². The SMILES string of the molecule is CCN(C)CC(C)(C)OC. The molecule has 10 heavy (non-hydrogen) atoms. The molecule has 0 bridgehead atoms. The summed E-state index contributed by atoms with van der Waals surface area (Å²) in [5, 5.41) is 0. The van der Waals surface area contributed by atoms with Crippen LogP contribution in [0, 0.1) is 0 Å². The molecule has 0 aromatic heterocycles. The lowest BCUT2D eigenvalue weighted by Gasteiger charge is -2.28. The Balaban J connectivity index is 3.64. The summed E-state index contributed by atoms with van der Waals surface area (Å²) >= 11 is 0. The fraction of sp³-hybridized carbons (Fsp3) is 1.00. The summed E-state index contributed by atoms with van der Waals surface area (Å²) < 4.78 is 5.27. The van der Waals surface area contributed by atoms with E-state index in [4.69, 9.17) is 4.74 Å². The van der Waals surface area contributed by atoms with Gasteiger partial charge in [0.2, 0.25) is 0 Å². The van der Waals surface area contributed by atoms with E-state index in [0.29, 0.717) is 0 Å². The highest BCUT2D eigenvalue weighted by Gasteiger charge is 2.17. The van der Waals surface area contributed by atoms with Gasteiger partial charge in [-0.2, -0.15) is 0 Å². The van der Waals surface area contributed by atoms with Crippen LogP contribution >= 0.6 is 0 Å². The molecule has 62 valence electrons. The summed E-state index contributed by atoms with van der Waals surface area (Å²) in [4.78, 5) is 2.24. The third-order valence-corrected chi connectivity index (χ3v) is 1.74. The van der Waals surface area contributed by atoms with Gasteiger partial charge in [-0.25, -0.2) is 0 Å². The summed E-state index contributed by atoms with van der Waals surface area (Å²) in [6.45, 7) is 8.40. The van der Waals surface area contributed by atoms with E-state index in [0.717, 1.165) is 13.1 Å². The molecule has 0 atom stereocenters. The van der Waals surface area contributed by atoms with Gasteiger partial charge in [0.1, 0.15) is 0 Å². The molecule has 0 aliphatic heterocycles. The lowest BCUT2D eigenvalue weighted by molar-refractivity contribution is -0.000923. The molecule has 0 rings (SSSR count). The van der Waals surface area contributed by atoms with Gasteiger partial charge in [0, 0.05) is 13.7 Å². The van der Waals surface area contributed by atoms with Crippen LogP contribution in [-0.4, -0.2) is 37.7 Å². The van der Waals surface area contributed by atoms with Crippen LogP contribution in [0.15, 0.2) is 0 Å². The zero-order valence-corrected chi connectivity index (χ0v) is 7.77. The first-order valence-electron chi connectivity index (χ1n) is 3.75. The summed E-state index contributed by atoms with van der Waals surface area (Å²) in [6.07, 6.45) is 0. The summed E-state index contributed by atoms with van der Waals surface area (Å²) in [7, 11) is 3.85. The Bertz CT molecular complexity index is 91.3. The van der Waals surface area contributed by atoms with Crippen molar-refractivity contribution in [3.63, 3.8) is 0 Å². The van der Waals surface area contributed by atoms with Crippen molar-refractivity contribution in [2.75, 3.05) is 27.2 Å². The van der Waals surface area contributed by atoms with E-state index in [1.807, 2.05) is 0 Å². The van der Waals surface area contributed by atoms with Crippen LogP contribution in [0.25, 0.3) is 0 Å². The van der Waals surface area contributed by atoms with Crippen molar-refractivity contribution >= 4 is 0 Å². The van der Waals surface area contributed by atoms with Gasteiger partial charge in [-0.3, -0.25) is 0 Å². The Hall–Kier alpha value is -0.0800. The summed E-state index contributed by atoms with van der Waals surface area (Å²) in [6, 6.07) is 0. The number of rotatable bonds is 4. The first-order valence-corrected chi connectivity index (χ1v) is 3.75. The fourth-order valence-electron chi connectivity index (χ4n) is 0.826. The molecule has 2 heteroatoms. The van der Waals surface area contributed by atoms with Crippen molar-refractivity contribution in [1.82, 2.24) is 4.90 Å². The van der Waals surface area contributed by atoms with E-state index in [1.165, 1.54) is 0 Å². The predicted octanol–water partition coefficient (Wildman–Crippen LogP) is 1.36. The monoisotopic (exact) mass is 145 g/mol. The highest BCUT2D eigenvalue weighted by atomic mass is 16.5. The van der Waals surface area contributed by atoms with Crippen LogP contribution in [0.3, 0.4) is 0 Å². The zero-order chi connectivity index (χ0) is 8.20. The molecule has 2 nitrogen and oxygen atoms in total. The Morgan fingerprint density at radius 3 is 2.20 bits per heavy atom. The van der Waals surface area contributed by atoms with Gasteiger partial charge in [0.05, 0.1) is 5.60 Å². The molecule has 0 fully saturated rings. The van der Waals surface area contributed by atoms with Crippen molar-refractivity contribution in [1.29, 1.82) is 0 Å². The molecule has 0 spiro atoms. The third kappa shape index (κ3) is 3.85. The molecular weight excluding hydrogens is 126 g/mol. The van der Waals surface area contributed by atoms with Gasteiger partial charge >= 0.3 is 0 Å². The molecule has 0 aliphatic carbocycles. The zero-order valence-electron chi connectivity index (χ0n) is 7.77. The van der Waals surface area contributed by atoms with Gasteiger partial charge in [0.25, 0.3) is 0 Å². The maximum Gasteiger partial charge on any atom is 0.0748 e. The molecule has 0 aliphatic rings. The largest absolute Gasteiger partial charge is 0.377 e. The van der Waals surface area contributed by atoms with Crippen LogP contribution in [0.5, 0.6) is 0 Å². The standard InChI is InChI=1S/C8H19NO/c1-6-9(4)7-8(2,3)10-5/h6-7H2,1-5H3. The topological polar surface area (TPSA) is 12.5 Å². The Morgan fingerprint density at radius 2 is 1.90 bits per heavy atom. The fourth-order valence-corrected chi connectivity index (χ4v) is 0.826.